The molecule has 0 radical (unpaired) electrons. The summed E-state index contributed by atoms with van der Waals surface area (Å²) in [6.45, 7) is 5.27. The average molecular weight is 287 g/mol. The third-order valence-electron chi connectivity index (χ3n) is 3.45. The Balaban J connectivity index is 2.11. The molecule has 1 aliphatic rings. The van der Waals surface area contributed by atoms with Gasteiger partial charge in [0.25, 0.3) is 0 Å². The molecule has 0 aromatic carbocycles. The zero-order valence-corrected chi connectivity index (χ0v) is 12.1. The van der Waals surface area contributed by atoms with E-state index in [1.54, 1.807) is 0 Å². The molecule has 1 rings (SSSR count). The number of carboxylic acids is 1. The maximum Gasteiger partial charge on any atom is 0.329 e. The highest BCUT2D eigenvalue weighted by Crippen LogP contribution is 2.14. The molecule has 1 aliphatic heterocycles. The van der Waals surface area contributed by atoms with Crippen molar-refractivity contribution in [1.82, 2.24) is 15.8 Å². The lowest BCUT2D eigenvalue weighted by Crippen LogP contribution is -2.51. The number of morpholine rings is 1. The predicted molar refractivity (Wildman–Crippen MR) is 74.2 cm³/mol. The zero-order chi connectivity index (χ0) is 14.8. The maximum atomic E-state index is 11.6. The fourth-order valence-electron chi connectivity index (χ4n) is 2.13. The normalized spacial score (nSPS) is 17.4. The van der Waals surface area contributed by atoms with Crippen molar-refractivity contribution in [2.75, 3.05) is 32.8 Å². The summed E-state index contributed by atoms with van der Waals surface area (Å²) < 4.78 is 5.19. The van der Waals surface area contributed by atoms with Crippen molar-refractivity contribution in [3.05, 3.63) is 0 Å². The van der Waals surface area contributed by atoms with Crippen LogP contribution in [-0.4, -0.2) is 55.0 Å². The molecule has 116 valence electrons. The first-order valence-electron chi connectivity index (χ1n) is 7.20. The topological polar surface area (TPSA) is 90.9 Å². The second kappa shape index (κ2) is 9.55. The Morgan fingerprint density at radius 1 is 1.30 bits per heavy atom. The van der Waals surface area contributed by atoms with Crippen LogP contribution in [0.1, 0.15) is 32.6 Å². The van der Waals surface area contributed by atoms with Crippen molar-refractivity contribution in [2.45, 2.75) is 32.6 Å². The molecule has 7 nitrogen and oxygen atoms in total. The van der Waals surface area contributed by atoms with Gasteiger partial charge in [-0.1, -0.05) is 13.3 Å². The van der Waals surface area contributed by atoms with E-state index < -0.39 is 5.97 Å². The van der Waals surface area contributed by atoms with Crippen molar-refractivity contribution in [1.29, 1.82) is 0 Å². The number of rotatable bonds is 8. The number of carbonyl (C=O) groups excluding carboxylic acids is 1. The van der Waals surface area contributed by atoms with Crippen LogP contribution in [0.25, 0.3) is 0 Å². The molecule has 1 unspecified atom stereocenters. The van der Waals surface area contributed by atoms with Crippen LogP contribution in [0.2, 0.25) is 0 Å². The summed E-state index contributed by atoms with van der Waals surface area (Å²) in [4.78, 5) is 22.2. The molecule has 1 saturated heterocycles. The van der Waals surface area contributed by atoms with Crippen molar-refractivity contribution in [3.63, 3.8) is 0 Å². The Labute approximate surface area is 119 Å². The summed E-state index contributed by atoms with van der Waals surface area (Å²) in [5.74, 6) is -0.420. The smallest absolute Gasteiger partial charge is 0.329 e. The van der Waals surface area contributed by atoms with Gasteiger partial charge in [-0.05, 0) is 18.8 Å². The highest BCUT2D eigenvalue weighted by atomic mass is 16.5. The summed E-state index contributed by atoms with van der Waals surface area (Å²) in [6.07, 6.45) is 2.59. The lowest BCUT2D eigenvalue weighted by Gasteiger charge is -2.27. The molecule has 20 heavy (non-hydrogen) atoms. The van der Waals surface area contributed by atoms with E-state index in [2.05, 4.69) is 10.7 Å². The number of ether oxygens (including phenoxy) is 1. The SMILES string of the molecule is CCC(CCNC(=O)NN1CCOCC1)CCC(=O)O. The number of hydrazine groups is 1. The summed E-state index contributed by atoms with van der Waals surface area (Å²) >= 11 is 0. The predicted octanol–water partition coefficient (Wildman–Crippen LogP) is 0.814. The highest BCUT2D eigenvalue weighted by Gasteiger charge is 2.13. The Kier molecular flexibility index (Phi) is 7.98. The molecule has 0 saturated carbocycles. The van der Waals surface area contributed by atoms with Gasteiger partial charge in [-0.3, -0.25) is 10.2 Å². The van der Waals surface area contributed by atoms with Gasteiger partial charge in [0, 0.05) is 26.1 Å². The highest BCUT2D eigenvalue weighted by molar-refractivity contribution is 5.73. The van der Waals surface area contributed by atoms with E-state index in [0.29, 0.717) is 45.2 Å². The van der Waals surface area contributed by atoms with E-state index in [-0.39, 0.29) is 12.5 Å². The molecule has 1 fully saturated rings. The maximum absolute atomic E-state index is 11.6. The molecule has 3 N–H and O–H groups in total. The number of hydrogen-bond acceptors (Lipinski definition) is 4. The minimum absolute atomic E-state index is 0.193. The number of aliphatic carboxylic acids is 1. The van der Waals surface area contributed by atoms with E-state index in [9.17, 15) is 9.59 Å². The minimum Gasteiger partial charge on any atom is -0.481 e. The Morgan fingerprint density at radius 3 is 2.60 bits per heavy atom. The molecular weight excluding hydrogens is 262 g/mol. The number of hydrogen-bond donors (Lipinski definition) is 3. The molecule has 0 bridgehead atoms. The third kappa shape index (κ3) is 7.30. The van der Waals surface area contributed by atoms with E-state index in [0.717, 1.165) is 12.8 Å². The van der Waals surface area contributed by atoms with Crippen LogP contribution in [0, 0.1) is 5.92 Å². The third-order valence-corrected chi connectivity index (χ3v) is 3.45. The Bertz CT molecular complexity index is 306. The Hall–Kier alpha value is -1.34. The van der Waals surface area contributed by atoms with Gasteiger partial charge in [-0.2, -0.15) is 0 Å². The first-order valence-corrected chi connectivity index (χ1v) is 7.20. The monoisotopic (exact) mass is 287 g/mol. The first-order chi connectivity index (χ1) is 9.61. The number of amides is 2. The summed E-state index contributed by atoms with van der Waals surface area (Å²) in [5, 5.41) is 13.3. The average Bonchev–Trinajstić information content (AvgIpc) is 2.43. The van der Waals surface area contributed by atoms with Gasteiger partial charge in [-0.15, -0.1) is 0 Å². The number of carbonyl (C=O) groups is 2. The van der Waals surface area contributed by atoms with Crippen molar-refractivity contribution < 1.29 is 19.4 Å². The standard InChI is InChI=1S/C13H25N3O4/c1-2-11(3-4-12(17)18)5-6-14-13(19)15-16-7-9-20-10-8-16/h11H,2-10H2,1H3,(H,17,18)(H2,14,15,19). The van der Waals surface area contributed by atoms with Crippen LogP contribution in [0.5, 0.6) is 0 Å². The Morgan fingerprint density at radius 2 is 2.00 bits per heavy atom. The van der Waals surface area contributed by atoms with Crippen molar-refractivity contribution >= 4 is 12.0 Å². The number of urea groups is 1. The lowest BCUT2D eigenvalue weighted by molar-refractivity contribution is -0.137. The van der Waals surface area contributed by atoms with E-state index in [4.69, 9.17) is 9.84 Å². The molecule has 7 heteroatoms. The van der Waals surface area contributed by atoms with Gasteiger partial charge in [0.05, 0.1) is 13.2 Å². The van der Waals surface area contributed by atoms with Gasteiger partial charge in [0.15, 0.2) is 0 Å². The molecule has 0 aromatic rings. The van der Waals surface area contributed by atoms with Crippen LogP contribution >= 0.6 is 0 Å². The molecule has 1 atom stereocenters. The number of carboxylic acid groups (broad SMARTS) is 1. The lowest BCUT2D eigenvalue weighted by atomic mass is 9.97. The van der Waals surface area contributed by atoms with Crippen LogP contribution in [0.3, 0.4) is 0 Å². The summed E-state index contributed by atoms with van der Waals surface area (Å²) in [6, 6.07) is -0.208. The van der Waals surface area contributed by atoms with Crippen LogP contribution in [-0.2, 0) is 9.53 Å². The van der Waals surface area contributed by atoms with Crippen LogP contribution < -0.4 is 10.7 Å². The second-order valence-corrected chi connectivity index (χ2v) is 4.96. The quantitative estimate of drug-likeness (QED) is 0.614. The fourth-order valence-corrected chi connectivity index (χ4v) is 2.13. The largest absolute Gasteiger partial charge is 0.481 e. The van der Waals surface area contributed by atoms with Gasteiger partial charge in [0.2, 0.25) is 0 Å². The number of nitrogens with one attached hydrogen (secondary N) is 2. The van der Waals surface area contributed by atoms with Crippen LogP contribution in [0.4, 0.5) is 4.79 Å². The molecule has 0 aliphatic carbocycles. The summed E-state index contributed by atoms with van der Waals surface area (Å²) in [5.41, 5.74) is 2.77. The van der Waals surface area contributed by atoms with E-state index >= 15 is 0 Å². The zero-order valence-electron chi connectivity index (χ0n) is 12.1. The second-order valence-electron chi connectivity index (χ2n) is 4.96. The first kappa shape index (κ1) is 16.7. The van der Waals surface area contributed by atoms with Crippen molar-refractivity contribution in [3.8, 4) is 0 Å². The van der Waals surface area contributed by atoms with Crippen molar-refractivity contribution in [2.24, 2.45) is 5.92 Å². The minimum atomic E-state index is -0.763. The van der Waals surface area contributed by atoms with Gasteiger partial charge < -0.3 is 15.2 Å². The molecule has 2 amide bonds. The fraction of sp³-hybridized carbons (Fsp3) is 0.846. The molecular formula is C13H25N3O4. The molecule has 0 aromatic heterocycles. The molecule has 0 spiro atoms. The van der Waals surface area contributed by atoms with Gasteiger partial charge >= 0.3 is 12.0 Å². The van der Waals surface area contributed by atoms with E-state index in [1.165, 1.54) is 0 Å². The van der Waals surface area contributed by atoms with Gasteiger partial charge in [-0.25, -0.2) is 9.80 Å². The molecule has 1 heterocycles. The summed E-state index contributed by atoms with van der Waals surface area (Å²) in [7, 11) is 0. The van der Waals surface area contributed by atoms with Crippen LogP contribution in [0.15, 0.2) is 0 Å². The van der Waals surface area contributed by atoms with Gasteiger partial charge in [0.1, 0.15) is 0 Å². The van der Waals surface area contributed by atoms with E-state index in [1.807, 2.05) is 11.9 Å². The number of nitrogens with zero attached hydrogens (tertiary/aromatic N) is 1.